The fourth-order valence-corrected chi connectivity index (χ4v) is 2.66. The van der Waals surface area contributed by atoms with Gasteiger partial charge in [-0.25, -0.2) is 9.97 Å². The number of nitrogen functional groups attached to an aromatic ring is 1. The summed E-state index contributed by atoms with van der Waals surface area (Å²) in [4.78, 5) is 19.4. The molecule has 2 aromatic rings. The molecule has 1 unspecified atom stereocenters. The van der Waals surface area contributed by atoms with Crippen LogP contribution in [0.4, 0.5) is 17.3 Å². The van der Waals surface area contributed by atoms with E-state index < -0.39 is 0 Å². The number of nitrogens with one attached hydrogen (secondary N) is 3. The van der Waals surface area contributed by atoms with Crippen LogP contribution in [-0.4, -0.2) is 40.8 Å². The van der Waals surface area contributed by atoms with E-state index in [0.717, 1.165) is 6.42 Å². The van der Waals surface area contributed by atoms with Crippen molar-refractivity contribution >= 4 is 28.9 Å². The van der Waals surface area contributed by atoms with Crippen LogP contribution in [0.3, 0.4) is 0 Å². The minimum Gasteiger partial charge on any atom is -0.383 e. The highest BCUT2D eigenvalue weighted by atomic mass is 16.5. The molecule has 130 valence electrons. The quantitative estimate of drug-likeness (QED) is 0.613. The van der Waals surface area contributed by atoms with Crippen molar-refractivity contribution in [1.29, 1.82) is 5.41 Å². The summed E-state index contributed by atoms with van der Waals surface area (Å²) in [5, 5.41) is 14.5. The summed E-state index contributed by atoms with van der Waals surface area (Å²) in [7, 11) is 0. The summed E-state index contributed by atoms with van der Waals surface area (Å²) in [6.07, 6.45) is 2.26. The minimum atomic E-state index is -0.145. The lowest BCUT2D eigenvalue weighted by atomic mass is 10.0. The Morgan fingerprint density at radius 1 is 1.32 bits per heavy atom. The van der Waals surface area contributed by atoms with Crippen LogP contribution in [0.1, 0.15) is 24.5 Å². The first-order chi connectivity index (χ1) is 12.0. The van der Waals surface area contributed by atoms with Gasteiger partial charge in [-0.2, -0.15) is 0 Å². The first-order valence-corrected chi connectivity index (χ1v) is 7.96. The number of hydrogen-bond donors (Lipinski definition) is 4. The molecule has 0 saturated carbocycles. The maximum absolute atomic E-state index is 11.1. The number of carbonyl (C=O) groups is 1. The Morgan fingerprint density at radius 3 is 2.72 bits per heavy atom. The van der Waals surface area contributed by atoms with Gasteiger partial charge in [-0.1, -0.05) is 12.1 Å². The van der Waals surface area contributed by atoms with Gasteiger partial charge in [-0.3, -0.25) is 10.2 Å². The summed E-state index contributed by atoms with van der Waals surface area (Å²) in [6.45, 7) is 2.75. The van der Waals surface area contributed by atoms with E-state index in [0.29, 0.717) is 35.8 Å². The van der Waals surface area contributed by atoms with Crippen molar-refractivity contribution in [1.82, 2.24) is 9.97 Å². The zero-order chi connectivity index (χ0) is 17.8. The maximum Gasteiger partial charge on any atom is 0.221 e. The van der Waals surface area contributed by atoms with Gasteiger partial charge in [-0.15, -0.1) is 0 Å². The van der Waals surface area contributed by atoms with Crippen molar-refractivity contribution in [2.24, 2.45) is 0 Å². The third-order valence-corrected chi connectivity index (χ3v) is 3.89. The molecule has 1 fully saturated rings. The topological polar surface area (TPSA) is 126 Å². The molecule has 2 heterocycles. The van der Waals surface area contributed by atoms with E-state index in [2.05, 4.69) is 20.6 Å². The van der Waals surface area contributed by atoms with Crippen molar-refractivity contribution in [2.45, 2.75) is 19.4 Å². The van der Waals surface area contributed by atoms with Crippen molar-refractivity contribution in [2.75, 3.05) is 29.6 Å². The summed E-state index contributed by atoms with van der Waals surface area (Å²) in [6, 6.07) is 7.13. The molecular weight excluding hydrogens is 320 g/mol. The van der Waals surface area contributed by atoms with E-state index in [1.807, 2.05) is 0 Å². The Morgan fingerprint density at radius 2 is 2.08 bits per heavy atom. The zero-order valence-electron chi connectivity index (χ0n) is 13.9. The van der Waals surface area contributed by atoms with E-state index in [-0.39, 0.29) is 23.5 Å². The number of ether oxygens (including phenoxy) is 1. The average Bonchev–Trinajstić information content (AvgIpc) is 3.08. The van der Waals surface area contributed by atoms with E-state index in [9.17, 15) is 4.79 Å². The highest BCUT2D eigenvalue weighted by Gasteiger charge is 2.21. The van der Waals surface area contributed by atoms with E-state index in [1.165, 1.54) is 13.3 Å². The molecule has 5 N–H and O–H groups in total. The number of rotatable bonds is 5. The van der Waals surface area contributed by atoms with Crippen molar-refractivity contribution in [3.05, 3.63) is 41.7 Å². The van der Waals surface area contributed by atoms with Gasteiger partial charge in [0.2, 0.25) is 5.91 Å². The highest BCUT2D eigenvalue weighted by molar-refractivity contribution is 6.16. The Bertz CT molecular complexity index is 784. The van der Waals surface area contributed by atoms with Gasteiger partial charge in [0.05, 0.1) is 23.9 Å². The predicted molar refractivity (Wildman–Crippen MR) is 96.0 cm³/mol. The Balaban J connectivity index is 1.86. The fraction of sp³-hybridized carbons (Fsp3) is 0.294. The second kappa shape index (κ2) is 7.27. The van der Waals surface area contributed by atoms with E-state index in [1.54, 1.807) is 24.3 Å². The highest BCUT2D eigenvalue weighted by Crippen LogP contribution is 2.24. The summed E-state index contributed by atoms with van der Waals surface area (Å²) in [5.41, 5.74) is 8.01. The smallest absolute Gasteiger partial charge is 0.221 e. The molecule has 1 aromatic carbocycles. The predicted octanol–water partition coefficient (Wildman–Crippen LogP) is 1.63. The molecule has 0 spiro atoms. The van der Waals surface area contributed by atoms with Crippen LogP contribution in [0.15, 0.2) is 30.6 Å². The molecule has 25 heavy (non-hydrogen) atoms. The molecule has 1 aromatic heterocycles. The number of hydrogen-bond acceptors (Lipinski definition) is 7. The van der Waals surface area contributed by atoms with Crippen LogP contribution < -0.4 is 16.4 Å². The van der Waals surface area contributed by atoms with Gasteiger partial charge in [0, 0.05) is 24.8 Å². The molecule has 1 atom stereocenters. The lowest BCUT2D eigenvalue weighted by molar-refractivity contribution is -0.114. The maximum atomic E-state index is 11.1. The van der Waals surface area contributed by atoms with Gasteiger partial charge in [0.25, 0.3) is 0 Å². The number of benzene rings is 1. The minimum absolute atomic E-state index is 0.142. The standard InChI is InChI=1S/C17H20N6O2/c1-10(24)22-12-4-2-11(3-5-12)15(18)14-16(19)20-9-21-17(14)23-13-6-7-25-8-13/h2-5,9,13,18H,6-8H2,1H3,(H,22,24)(H3,19,20,21,23). The Labute approximate surface area is 145 Å². The van der Waals surface area contributed by atoms with E-state index in [4.69, 9.17) is 15.9 Å². The SMILES string of the molecule is CC(=O)Nc1ccc(C(=N)c2c(N)ncnc2NC2CCOC2)cc1. The number of aromatic nitrogens is 2. The van der Waals surface area contributed by atoms with Gasteiger partial charge < -0.3 is 21.1 Å². The van der Waals surface area contributed by atoms with Crippen molar-refractivity contribution < 1.29 is 9.53 Å². The molecule has 0 radical (unpaired) electrons. The summed E-state index contributed by atoms with van der Waals surface area (Å²) < 4.78 is 5.36. The third-order valence-electron chi connectivity index (χ3n) is 3.89. The number of carbonyl (C=O) groups excluding carboxylic acids is 1. The van der Waals surface area contributed by atoms with Crippen LogP contribution in [0.25, 0.3) is 0 Å². The van der Waals surface area contributed by atoms with E-state index >= 15 is 0 Å². The largest absolute Gasteiger partial charge is 0.383 e. The first kappa shape index (κ1) is 16.8. The number of anilines is 3. The van der Waals surface area contributed by atoms with Gasteiger partial charge in [0.15, 0.2) is 0 Å². The van der Waals surface area contributed by atoms with Crippen LogP contribution in [0, 0.1) is 5.41 Å². The van der Waals surface area contributed by atoms with Crippen LogP contribution >= 0.6 is 0 Å². The third kappa shape index (κ3) is 3.92. The second-order valence-corrected chi connectivity index (χ2v) is 5.82. The number of amides is 1. The average molecular weight is 340 g/mol. The second-order valence-electron chi connectivity index (χ2n) is 5.82. The molecule has 8 nitrogen and oxygen atoms in total. The molecule has 3 rings (SSSR count). The van der Waals surface area contributed by atoms with Crippen LogP contribution in [-0.2, 0) is 9.53 Å². The molecule has 1 amide bonds. The Hall–Kier alpha value is -3.00. The van der Waals surface area contributed by atoms with Crippen molar-refractivity contribution in [3.8, 4) is 0 Å². The van der Waals surface area contributed by atoms with Gasteiger partial charge >= 0.3 is 0 Å². The first-order valence-electron chi connectivity index (χ1n) is 7.96. The lowest BCUT2D eigenvalue weighted by Gasteiger charge is -2.16. The van der Waals surface area contributed by atoms with Crippen LogP contribution in [0.2, 0.25) is 0 Å². The molecule has 1 saturated heterocycles. The molecule has 1 aliphatic rings. The molecule has 1 aliphatic heterocycles. The fourth-order valence-electron chi connectivity index (χ4n) is 2.66. The molecule has 8 heteroatoms. The van der Waals surface area contributed by atoms with Gasteiger partial charge in [-0.05, 0) is 18.6 Å². The molecular formula is C17H20N6O2. The Kier molecular flexibility index (Phi) is 4.90. The van der Waals surface area contributed by atoms with Gasteiger partial charge in [0.1, 0.15) is 18.0 Å². The summed E-state index contributed by atoms with van der Waals surface area (Å²) in [5.74, 6) is 0.625. The van der Waals surface area contributed by atoms with Crippen LogP contribution in [0.5, 0.6) is 0 Å². The lowest BCUT2D eigenvalue weighted by Crippen LogP contribution is -2.23. The summed E-state index contributed by atoms with van der Waals surface area (Å²) >= 11 is 0. The molecule has 0 aliphatic carbocycles. The number of nitrogens with two attached hydrogens (primary N) is 1. The van der Waals surface area contributed by atoms with Crippen molar-refractivity contribution in [3.63, 3.8) is 0 Å². The molecule has 0 bridgehead atoms. The number of nitrogens with zero attached hydrogens (tertiary/aromatic N) is 2. The normalized spacial score (nSPS) is 16.4. The monoisotopic (exact) mass is 340 g/mol. The zero-order valence-corrected chi connectivity index (χ0v) is 13.9.